The fourth-order valence-electron chi connectivity index (χ4n) is 5.26. The summed E-state index contributed by atoms with van der Waals surface area (Å²) in [6, 6.07) is 11.4. The van der Waals surface area contributed by atoms with Gasteiger partial charge in [0.05, 0.1) is 24.8 Å². The van der Waals surface area contributed by atoms with Crippen LogP contribution in [0.5, 0.6) is 5.75 Å². The molecule has 2 aromatic heterocycles. The van der Waals surface area contributed by atoms with Gasteiger partial charge in [-0.15, -0.1) is 0 Å². The lowest BCUT2D eigenvalue weighted by molar-refractivity contribution is 0.287. The second kappa shape index (κ2) is 9.87. The van der Waals surface area contributed by atoms with Gasteiger partial charge in [0.1, 0.15) is 29.5 Å². The molecule has 198 valence electrons. The summed E-state index contributed by atoms with van der Waals surface area (Å²) in [5.74, 6) is 0.138. The molecule has 1 saturated heterocycles. The molecule has 0 amide bonds. The van der Waals surface area contributed by atoms with Gasteiger partial charge in [-0.25, -0.2) is 18.7 Å². The molecular weight excluding hydrogens is 488 g/mol. The van der Waals surface area contributed by atoms with Crippen molar-refractivity contribution in [3.63, 3.8) is 0 Å². The van der Waals surface area contributed by atoms with Crippen molar-refractivity contribution in [3.8, 4) is 17.0 Å². The predicted molar refractivity (Wildman–Crippen MR) is 144 cm³/mol. The third-order valence-electron chi connectivity index (χ3n) is 7.35. The van der Waals surface area contributed by atoms with Gasteiger partial charge >= 0.3 is 0 Å². The molecule has 0 spiro atoms. The Hall–Kier alpha value is -3.72. The quantitative estimate of drug-likeness (QED) is 0.363. The van der Waals surface area contributed by atoms with Crippen molar-refractivity contribution in [1.29, 1.82) is 0 Å². The number of nitrogens with zero attached hydrogens (tertiary/aromatic N) is 5. The number of hydrogen-bond donors (Lipinski definition) is 0. The number of furan rings is 1. The van der Waals surface area contributed by atoms with Gasteiger partial charge in [0.15, 0.2) is 17.4 Å². The molecule has 9 heteroatoms. The number of anilines is 2. The van der Waals surface area contributed by atoms with Crippen LogP contribution in [0.1, 0.15) is 25.4 Å². The normalized spacial score (nSPS) is 16.3. The van der Waals surface area contributed by atoms with E-state index in [1.165, 1.54) is 11.8 Å². The number of fused-ring (bicyclic) bond motifs is 2. The molecule has 38 heavy (non-hydrogen) atoms. The first-order chi connectivity index (χ1) is 18.4. The van der Waals surface area contributed by atoms with Gasteiger partial charge < -0.3 is 23.9 Å². The highest BCUT2D eigenvalue weighted by molar-refractivity contribution is 5.82. The fraction of sp³-hybridized carbons (Fsp3) is 0.379. The van der Waals surface area contributed by atoms with Gasteiger partial charge in [0.25, 0.3) is 0 Å². The molecule has 2 aromatic carbocycles. The summed E-state index contributed by atoms with van der Waals surface area (Å²) in [5.41, 5.74) is 2.96. The van der Waals surface area contributed by atoms with Gasteiger partial charge in [-0.2, -0.15) is 0 Å². The van der Waals surface area contributed by atoms with Crippen LogP contribution in [0.4, 0.5) is 20.2 Å². The van der Waals surface area contributed by atoms with Crippen molar-refractivity contribution >= 4 is 22.3 Å². The van der Waals surface area contributed by atoms with E-state index in [9.17, 15) is 8.78 Å². The Bertz CT molecular complexity index is 1480. The van der Waals surface area contributed by atoms with Crippen LogP contribution in [-0.2, 0) is 6.42 Å². The van der Waals surface area contributed by atoms with Crippen LogP contribution in [0.2, 0.25) is 0 Å². The summed E-state index contributed by atoms with van der Waals surface area (Å²) in [6.07, 6.45) is 1.43. The zero-order chi connectivity index (χ0) is 26.4. The van der Waals surface area contributed by atoms with E-state index in [-0.39, 0.29) is 17.5 Å². The van der Waals surface area contributed by atoms with Crippen molar-refractivity contribution in [1.82, 2.24) is 14.9 Å². The zero-order valence-electron chi connectivity index (χ0n) is 21.9. The van der Waals surface area contributed by atoms with E-state index in [0.29, 0.717) is 42.4 Å². The monoisotopic (exact) mass is 519 g/mol. The highest BCUT2D eigenvalue weighted by Crippen LogP contribution is 2.39. The molecule has 6 rings (SSSR count). The second-order valence-electron chi connectivity index (χ2n) is 10.3. The SMILES string of the molecule is CC(C)N1CCOc2c(F)cc(-c3nc(Cc4cc5cc(N6CCN(C)CC6)ccc5o4)ncc3F)cc21. The average Bonchev–Trinajstić information content (AvgIpc) is 3.31. The van der Waals surface area contributed by atoms with Crippen molar-refractivity contribution < 1.29 is 17.9 Å². The maximum atomic E-state index is 15.0. The first kappa shape index (κ1) is 24.6. The number of aromatic nitrogens is 2. The summed E-state index contributed by atoms with van der Waals surface area (Å²) in [5, 5.41) is 1.00. The zero-order valence-corrected chi connectivity index (χ0v) is 21.9. The highest BCUT2D eigenvalue weighted by atomic mass is 19.1. The Balaban J connectivity index is 1.28. The third-order valence-corrected chi connectivity index (χ3v) is 7.35. The lowest BCUT2D eigenvalue weighted by Gasteiger charge is -2.34. The van der Waals surface area contributed by atoms with E-state index in [1.807, 2.05) is 26.0 Å². The second-order valence-corrected chi connectivity index (χ2v) is 10.3. The molecule has 0 N–H and O–H groups in total. The first-order valence-corrected chi connectivity index (χ1v) is 13.1. The average molecular weight is 520 g/mol. The van der Waals surface area contributed by atoms with Gasteiger partial charge in [0, 0.05) is 48.9 Å². The van der Waals surface area contributed by atoms with Gasteiger partial charge in [-0.05, 0) is 57.3 Å². The topological polar surface area (TPSA) is 57.9 Å². The molecule has 0 bridgehead atoms. The minimum Gasteiger partial charge on any atom is -0.486 e. The predicted octanol–water partition coefficient (Wildman–Crippen LogP) is 5.12. The van der Waals surface area contributed by atoms with Crippen LogP contribution in [0.3, 0.4) is 0 Å². The molecule has 4 aromatic rings. The Morgan fingerprint density at radius 1 is 0.974 bits per heavy atom. The van der Waals surface area contributed by atoms with Gasteiger partial charge in [-0.3, -0.25) is 0 Å². The van der Waals surface area contributed by atoms with Crippen LogP contribution in [0.25, 0.3) is 22.2 Å². The summed E-state index contributed by atoms with van der Waals surface area (Å²) in [6.45, 7) is 9.15. The smallest absolute Gasteiger partial charge is 0.178 e. The van der Waals surface area contributed by atoms with E-state index in [4.69, 9.17) is 9.15 Å². The molecule has 2 aliphatic heterocycles. The van der Waals surface area contributed by atoms with E-state index in [2.05, 4.69) is 43.8 Å². The number of benzene rings is 2. The van der Waals surface area contributed by atoms with Gasteiger partial charge in [-0.1, -0.05) is 0 Å². The van der Waals surface area contributed by atoms with E-state index >= 15 is 0 Å². The summed E-state index contributed by atoms with van der Waals surface area (Å²) < 4.78 is 41.5. The lowest BCUT2D eigenvalue weighted by atomic mass is 10.1. The molecule has 4 heterocycles. The minimum atomic E-state index is -0.609. The molecule has 0 saturated carbocycles. The number of halogens is 2. The molecule has 1 fully saturated rings. The highest BCUT2D eigenvalue weighted by Gasteiger charge is 2.26. The largest absolute Gasteiger partial charge is 0.486 e. The first-order valence-electron chi connectivity index (χ1n) is 13.1. The van der Waals surface area contributed by atoms with Crippen LogP contribution < -0.4 is 14.5 Å². The van der Waals surface area contributed by atoms with Crippen molar-refractivity contribution in [2.75, 3.05) is 56.2 Å². The van der Waals surface area contributed by atoms with E-state index in [0.717, 1.165) is 43.3 Å². The number of hydrogen-bond acceptors (Lipinski definition) is 7. The Morgan fingerprint density at radius 2 is 1.79 bits per heavy atom. The molecule has 0 radical (unpaired) electrons. The summed E-state index contributed by atoms with van der Waals surface area (Å²) in [4.78, 5) is 15.4. The Labute approximate surface area is 220 Å². The standard InChI is InChI=1S/C29H31F2N5O2/c1-18(2)36-10-11-37-29-23(30)14-20(15-25(29)36)28-24(31)17-32-27(33-28)16-22-13-19-12-21(4-5-26(19)38-22)35-8-6-34(3)7-9-35/h4-5,12-15,17-18H,6-11,16H2,1-3H3. The van der Waals surface area contributed by atoms with Gasteiger partial charge in [0.2, 0.25) is 0 Å². The van der Waals surface area contributed by atoms with Crippen molar-refractivity contribution in [2.45, 2.75) is 26.3 Å². The lowest BCUT2D eigenvalue weighted by Crippen LogP contribution is -2.44. The van der Waals surface area contributed by atoms with Crippen molar-refractivity contribution in [2.24, 2.45) is 0 Å². The van der Waals surface area contributed by atoms with Crippen LogP contribution in [0, 0.1) is 11.6 Å². The maximum Gasteiger partial charge on any atom is 0.178 e. The molecular formula is C29H31F2N5O2. The number of piperazine rings is 1. The fourth-order valence-corrected chi connectivity index (χ4v) is 5.26. The Morgan fingerprint density at radius 3 is 2.58 bits per heavy atom. The third kappa shape index (κ3) is 4.67. The minimum absolute atomic E-state index is 0.0550. The molecule has 0 unspecified atom stereocenters. The molecule has 0 atom stereocenters. The van der Waals surface area contributed by atoms with Crippen LogP contribution in [0.15, 0.2) is 47.0 Å². The number of rotatable bonds is 5. The maximum absolute atomic E-state index is 15.0. The van der Waals surface area contributed by atoms with E-state index < -0.39 is 11.6 Å². The number of ether oxygens (including phenoxy) is 1. The summed E-state index contributed by atoms with van der Waals surface area (Å²) in [7, 11) is 2.14. The van der Waals surface area contributed by atoms with E-state index in [1.54, 1.807) is 6.07 Å². The molecule has 0 aliphatic carbocycles. The van der Waals surface area contributed by atoms with Crippen LogP contribution >= 0.6 is 0 Å². The van der Waals surface area contributed by atoms with Crippen molar-refractivity contribution in [3.05, 3.63) is 65.8 Å². The summed E-state index contributed by atoms with van der Waals surface area (Å²) >= 11 is 0. The molecule has 7 nitrogen and oxygen atoms in total. The molecule has 2 aliphatic rings. The van der Waals surface area contributed by atoms with Crippen LogP contribution in [-0.4, -0.2) is 67.3 Å². The number of likely N-dealkylation sites (N-methyl/N-ethyl adjacent to an activating group) is 1. The Kier molecular flexibility index (Phi) is 6.39.